The predicted octanol–water partition coefficient (Wildman–Crippen LogP) is 2.40. The van der Waals surface area contributed by atoms with Crippen LogP contribution in [0.25, 0.3) is 11.0 Å². The van der Waals surface area contributed by atoms with Crippen molar-refractivity contribution < 1.29 is 4.39 Å². The van der Waals surface area contributed by atoms with Gasteiger partial charge in [0.1, 0.15) is 0 Å². The Balaban J connectivity index is 1.47. The average molecular weight is 365 g/mol. The van der Waals surface area contributed by atoms with E-state index < -0.39 is 5.82 Å². The summed E-state index contributed by atoms with van der Waals surface area (Å²) in [5, 5.41) is 10.0. The van der Waals surface area contributed by atoms with Gasteiger partial charge < -0.3 is 16.0 Å². The zero-order valence-corrected chi connectivity index (χ0v) is 14.2. The Kier molecular flexibility index (Phi) is 3.49. The van der Waals surface area contributed by atoms with Crippen molar-refractivity contribution in [3.05, 3.63) is 47.6 Å². The van der Waals surface area contributed by atoms with Crippen molar-refractivity contribution in [1.82, 2.24) is 35.1 Å². The fourth-order valence-corrected chi connectivity index (χ4v) is 3.07. The molecule has 0 spiro atoms. The highest BCUT2D eigenvalue weighted by molar-refractivity contribution is 5.77. The molecule has 1 aliphatic rings. The van der Waals surface area contributed by atoms with E-state index in [1.54, 1.807) is 18.7 Å². The first-order valence-corrected chi connectivity index (χ1v) is 8.57. The first-order chi connectivity index (χ1) is 13.2. The van der Waals surface area contributed by atoms with Crippen molar-refractivity contribution in [3.8, 4) is 0 Å². The molecule has 0 saturated heterocycles. The third kappa shape index (κ3) is 2.94. The Morgan fingerprint density at radius 2 is 2.15 bits per heavy atom. The molecule has 4 heterocycles. The van der Waals surface area contributed by atoms with Gasteiger partial charge >= 0.3 is 0 Å². The number of fused-ring (bicyclic) bond motifs is 1. The Bertz CT molecular complexity index is 1130. The molecule has 0 unspecified atom stereocenters. The number of halogens is 1. The molecule has 136 valence electrons. The van der Waals surface area contributed by atoms with Crippen LogP contribution in [0.2, 0.25) is 0 Å². The molecule has 0 aromatic carbocycles. The normalized spacial score (nSPS) is 14.0. The van der Waals surface area contributed by atoms with E-state index in [-0.39, 0.29) is 23.9 Å². The lowest BCUT2D eigenvalue weighted by Gasteiger charge is -2.09. The van der Waals surface area contributed by atoms with Gasteiger partial charge in [0.15, 0.2) is 17.5 Å². The average Bonchev–Trinajstić information content (AvgIpc) is 3.20. The number of anilines is 3. The van der Waals surface area contributed by atoms with Crippen molar-refractivity contribution in [2.24, 2.45) is 0 Å². The summed E-state index contributed by atoms with van der Waals surface area (Å²) in [5.41, 5.74) is 9.24. The van der Waals surface area contributed by atoms with Crippen molar-refractivity contribution in [1.29, 1.82) is 0 Å². The van der Waals surface area contributed by atoms with Crippen LogP contribution in [0.3, 0.4) is 0 Å². The molecule has 1 aliphatic carbocycles. The third-order valence-corrected chi connectivity index (χ3v) is 4.56. The summed E-state index contributed by atoms with van der Waals surface area (Å²) < 4.78 is 15.0. The van der Waals surface area contributed by atoms with Gasteiger partial charge in [-0.2, -0.15) is 10.1 Å². The number of nitrogens with one attached hydrogen (secondary N) is 3. The summed E-state index contributed by atoms with van der Waals surface area (Å²) in [7, 11) is 0. The molecule has 0 atom stereocenters. The number of nitrogen functional groups attached to an aromatic ring is 1. The number of pyridine rings is 1. The topological polar surface area (TPSA) is 134 Å². The van der Waals surface area contributed by atoms with Gasteiger partial charge in [-0.1, -0.05) is 0 Å². The van der Waals surface area contributed by atoms with Crippen LogP contribution >= 0.6 is 0 Å². The molecule has 0 radical (unpaired) electrons. The summed E-state index contributed by atoms with van der Waals surface area (Å²) in [4.78, 5) is 19.4. The second-order valence-corrected chi connectivity index (χ2v) is 6.57. The molecule has 1 saturated carbocycles. The van der Waals surface area contributed by atoms with E-state index >= 15 is 0 Å². The number of aromatic amines is 2. The van der Waals surface area contributed by atoms with E-state index in [9.17, 15) is 4.39 Å². The standard InChI is InChI=1S/C17H16FN9/c18-14-11(3-9-5-20-6-12-15(9)22-7-21-12)23-17(19)25-16(14)24-13-4-10(26-27-13)8-1-2-8/h4-8H,1-3H2,(H,21,22)(H4,19,23,24,25,26,27). The van der Waals surface area contributed by atoms with E-state index in [1.807, 2.05) is 6.07 Å². The first-order valence-electron chi connectivity index (χ1n) is 8.57. The number of imidazole rings is 1. The number of aromatic nitrogens is 7. The van der Waals surface area contributed by atoms with Crippen molar-refractivity contribution in [3.63, 3.8) is 0 Å². The van der Waals surface area contributed by atoms with Crippen molar-refractivity contribution >= 4 is 28.6 Å². The van der Waals surface area contributed by atoms with Crippen LogP contribution in [0, 0.1) is 5.82 Å². The molecular weight excluding hydrogens is 349 g/mol. The molecule has 27 heavy (non-hydrogen) atoms. The highest BCUT2D eigenvalue weighted by atomic mass is 19.1. The fraction of sp³-hybridized carbons (Fsp3) is 0.235. The molecule has 0 amide bonds. The lowest BCUT2D eigenvalue weighted by molar-refractivity contribution is 0.602. The second kappa shape index (κ2) is 6.01. The van der Waals surface area contributed by atoms with E-state index in [4.69, 9.17) is 5.73 Å². The molecular formula is C17H16FN9. The Morgan fingerprint density at radius 3 is 3.00 bits per heavy atom. The molecule has 1 fully saturated rings. The van der Waals surface area contributed by atoms with Crippen LogP contribution < -0.4 is 11.1 Å². The summed E-state index contributed by atoms with van der Waals surface area (Å²) >= 11 is 0. The molecule has 0 aliphatic heterocycles. The highest BCUT2D eigenvalue weighted by Crippen LogP contribution is 2.39. The van der Waals surface area contributed by atoms with Crippen LogP contribution in [0.4, 0.5) is 22.0 Å². The van der Waals surface area contributed by atoms with Gasteiger partial charge in [-0.3, -0.25) is 10.1 Å². The number of hydrogen-bond donors (Lipinski definition) is 4. The lowest BCUT2D eigenvalue weighted by atomic mass is 10.1. The van der Waals surface area contributed by atoms with Crippen LogP contribution in [0.15, 0.2) is 24.8 Å². The second-order valence-electron chi connectivity index (χ2n) is 6.57. The molecule has 5 N–H and O–H groups in total. The monoisotopic (exact) mass is 365 g/mol. The van der Waals surface area contributed by atoms with Crippen molar-refractivity contribution in [2.45, 2.75) is 25.2 Å². The molecule has 9 nitrogen and oxygen atoms in total. The minimum absolute atomic E-state index is 0.00601. The minimum atomic E-state index is -0.576. The van der Waals surface area contributed by atoms with E-state index in [2.05, 4.69) is 40.4 Å². The van der Waals surface area contributed by atoms with E-state index in [1.165, 1.54) is 0 Å². The lowest BCUT2D eigenvalue weighted by Crippen LogP contribution is -2.09. The highest BCUT2D eigenvalue weighted by Gasteiger charge is 2.26. The number of rotatable bonds is 5. The smallest absolute Gasteiger partial charge is 0.222 e. The fourth-order valence-electron chi connectivity index (χ4n) is 3.07. The van der Waals surface area contributed by atoms with Gasteiger partial charge in [0.05, 0.1) is 29.3 Å². The first kappa shape index (κ1) is 15.7. The van der Waals surface area contributed by atoms with E-state index in [0.29, 0.717) is 11.7 Å². The minimum Gasteiger partial charge on any atom is -0.368 e. The SMILES string of the molecule is Nc1nc(Cc2cncc3[nH]cnc23)c(F)c(Nc2cc(C3CC3)[nH]n2)n1. The van der Waals surface area contributed by atoms with Crippen LogP contribution in [-0.2, 0) is 6.42 Å². The largest absolute Gasteiger partial charge is 0.368 e. The number of nitrogens with two attached hydrogens (primary N) is 1. The summed E-state index contributed by atoms with van der Waals surface area (Å²) in [5.74, 6) is 0.414. The predicted molar refractivity (Wildman–Crippen MR) is 96.9 cm³/mol. The molecule has 5 rings (SSSR count). The molecule has 4 aromatic heterocycles. The van der Waals surface area contributed by atoms with Gasteiger partial charge in [-0.05, 0) is 12.8 Å². The molecule has 0 bridgehead atoms. The quantitative estimate of drug-likeness (QED) is 0.426. The Labute approximate surface area is 152 Å². The van der Waals surface area contributed by atoms with Crippen LogP contribution in [0.5, 0.6) is 0 Å². The maximum absolute atomic E-state index is 15.0. The summed E-state index contributed by atoms with van der Waals surface area (Å²) in [6, 6.07) is 1.86. The maximum Gasteiger partial charge on any atom is 0.222 e. The van der Waals surface area contributed by atoms with E-state index in [0.717, 1.165) is 35.1 Å². The van der Waals surface area contributed by atoms with Crippen LogP contribution in [-0.4, -0.2) is 35.1 Å². The van der Waals surface area contributed by atoms with Gasteiger partial charge in [0.25, 0.3) is 0 Å². The summed E-state index contributed by atoms with van der Waals surface area (Å²) in [6.07, 6.45) is 7.36. The number of nitrogens with zero attached hydrogens (tertiary/aromatic N) is 5. The zero-order chi connectivity index (χ0) is 18.4. The number of hydrogen-bond acceptors (Lipinski definition) is 7. The van der Waals surface area contributed by atoms with Gasteiger partial charge in [0.2, 0.25) is 5.95 Å². The molecule has 4 aromatic rings. The maximum atomic E-state index is 15.0. The summed E-state index contributed by atoms with van der Waals surface area (Å²) in [6.45, 7) is 0. The molecule has 10 heteroatoms. The van der Waals surface area contributed by atoms with Crippen LogP contribution in [0.1, 0.15) is 35.7 Å². The van der Waals surface area contributed by atoms with Gasteiger partial charge in [-0.15, -0.1) is 0 Å². The number of H-pyrrole nitrogens is 2. The van der Waals surface area contributed by atoms with Crippen molar-refractivity contribution in [2.75, 3.05) is 11.1 Å². The Hall–Kier alpha value is -3.56. The zero-order valence-electron chi connectivity index (χ0n) is 14.2. The third-order valence-electron chi connectivity index (χ3n) is 4.56. The van der Waals surface area contributed by atoms with Gasteiger partial charge in [0, 0.05) is 35.9 Å². The Morgan fingerprint density at radius 1 is 1.26 bits per heavy atom. The van der Waals surface area contributed by atoms with Gasteiger partial charge in [-0.25, -0.2) is 14.4 Å².